The molecule has 0 spiro atoms. The van der Waals surface area contributed by atoms with E-state index in [1.807, 2.05) is 18.2 Å². The molecule has 0 fully saturated rings. The first-order valence-electron chi connectivity index (χ1n) is 7.73. The van der Waals surface area contributed by atoms with Gasteiger partial charge in [0.2, 0.25) is 0 Å². The van der Waals surface area contributed by atoms with Crippen LogP contribution in [0.2, 0.25) is 10.0 Å². The molecule has 0 radical (unpaired) electrons. The molecule has 0 bridgehead atoms. The number of hydrogen-bond donors (Lipinski definition) is 2. The van der Waals surface area contributed by atoms with Gasteiger partial charge in [0.1, 0.15) is 11.6 Å². The number of pyridine rings is 1. The lowest BCUT2D eigenvalue weighted by atomic mass is 10.2. The van der Waals surface area contributed by atoms with Crippen molar-refractivity contribution in [2.45, 2.75) is 0 Å². The van der Waals surface area contributed by atoms with Crippen LogP contribution in [-0.4, -0.2) is 20.1 Å². The fraction of sp³-hybridized carbons (Fsp3) is 0. The Hall–Kier alpha value is -2.89. The Kier molecular flexibility index (Phi) is 4.32. The fourth-order valence-corrected chi connectivity index (χ4v) is 2.89. The van der Waals surface area contributed by atoms with Gasteiger partial charge in [-0.25, -0.2) is 9.97 Å². The summed E-state index contributed by atoms with van der Waals surface area (Å²) >= 11 is 12.1. The van der Waals surface area contributed by atoms with Crippen molar-refractivity contribution in [3.05, 3.63) is 71.0 Å². The largest absolute Gasteiger partial charge is 0.506 e. The normalized spacial score (nSPS) is 10.8. The lowest BCUT2D eigenvalue weighted by molar-refractivity contribution is 0.475. The SMILES string of the molecule is Oc1ccc(Nc2nc(-c3cccnc3)nc3ccc(Cl)cc23)cc1Cl. The molecular weight excluding hydrogens is 371 g/mol. The van der Waals surface area contributed by atoms with Crippen molar-refractivity contribution in [2.24, 2.45) is 0 Å². The second-order valence-corrected chi connectivity index (χ2v) is 6.43. The molecule has 7 heteroatoms. The second kappa shape index (κ2) is 6.78. The van der Waals surface area contributed by atoms with E-state index in [9.17, 15) is 5.11 Å². The van der Waals surface area contributed by atoms with E-state index in [4.69, 9.17) is 23.2 Å². The summed E-state index contributed by atoms with van der Waals surface area (Å²) in [6.45, 7) is 0. The average Bonchev–Trinajstić information content (AvgIpc) is 2.65. The molecule has 4 aromatic rings. The maximum Gasteiger partial charge on any atom is 0.163 e. The molecule has 0 saturated heterocycles. The highest BCUT2D eigenvalue weighted by Gasteiger charge is 2.11. The number of fused-ring (bicyclic) bond motifs is 1. The number of hydrogen-bond acceptors (Lipinski definition) is 5. The molecule has 128 valence electrons. The van der Waals surface area contributed by atoms with Crippen molar-refractivity contribution in [3.63, 3.8) is 0 Å². The van der Waals surface area contributed by atoms with Gasteiger partial charge in [0.05, 0.1) is 10.5 Å². The van der Waals surface area contributed by atoms with Crippen molar-refractivity contribution in [3.8, 4) is 17.1 Å². The van der Waals surface area contributed by atoms with E-state index in [0.717, 1.165) is 16.5 Å². The first-order valence-corrected chi connectivity index (χ1v) is 8.49. The quantitative estimate of drug-likeness (QED) is 0.461. The minimum atomic E-state index is 0.0175. The van der Waals surface area contributed by atoms with Crippen LogP contribution in [0.25, 0.3) is 22.3 Å². The Morgan fingerprint density at radius 3 is 2.62 bits per heavy atom. The molecular formula is C19H12Cl2N4O. The van der Waals surface area contributed by atoms with Gasteiger partial charge in [0.15, 0.2) is 5.82 Å². The van der Waals surface area contributed by atoms with Gasteiger partial charge in [0, 0.05) is 34.1 Å². The molecule has 4 rings (SSSR count). The van der Waals surface area contributed by atoms with Crippen LogP contribution in [0.15, 0.2) is 60.9 Å². The Morgan fingerprint density at radius 2 is 1.85 bits per heavy atom. The van der Waals surface area contributed by atoms with Gasteiger partial charge in [-0.1, -0.05) is 23.2 Å². The first-order chi connectivity index (χ1) is 12.6. The van der Waals surface area contributed by atoms with Gasteiger partial charge >= 0.3 is 0 Å². The highest BCUT2D eigenvalue weighted by Crippen LogP contribution is 2.31. The zero-order valence-electron chi connectivity index (χ0n) is 13.3. The predicted molar refractivity (Wildman–Crippen MR) is 104 cm³/mol. The third-order valence-corrected chi connectivity index (χ3v) is 4.33. The Bertz CT molecular complexity index is 1100. The van der Waals surface area contributed by atoms with Crippen LogP contribution in [0.5, 0.6) is 5.75 Å². The number of aromatic nitrogens is 3. The number of benzene rings is 2. The molecule has 26 heavy (non-hydrogen) atoms. The standard InChI is InChI=1S/C19H12Cl2N4O/c20-12-3-5-16-14(8-12)19(23-13-4-6-17(26)15(21)9-13)25-18(24-16)11-2-1-7-22-10-11/h1-10,26H,(H,23,24,25). The molecule has 0 aliphatic carbocycles. The van der Waals surface area contributed by atoms with E-state index in [1.165, 1.54) is 6.07 Å². The third-order valence-electron chi connectivity index (χ3n) is 3.79. The lowest BCUT2D eigenvalue weighted by Crippen LogP contribution is -1.99. The van der Waals surface area contributed by atoms with Crippen LogP contribution in [0.3, 0.4) is 0 Å². The van der Waals surface area contributed by atoms with Crippen LogP contribution in [0.4, 0.5) is 11.5 Å². The van der Waals surface area contributed by atoms with Crippen LogP contribution >= 0.6 is 23.2 Å². The third kappa shape index (κ3) is 3.27. The number of aromatic hydroxyl groups is 1. The summed E-state index contributed by atoms with van der Waals surface area (Å²) in [5.41, 5.74) is 2.23. The van der Waals surface area contributed by atoms with Gasteiger partial charge in [0.25, 0.3) is 0 Å². The summed E-state index contributed by atoms with van der Waals surface area (Å²) in [5.74, 6) is 1.14. The van der Waals surface area contributed by atoms with Crippen LogP contribution in [0, 0.1) is 0 Å². The van der Waals surface area contributed by atoms with E-state index in [1.54, 1.807) is 36.7 Å². The van der Waals surface area contributed by atoms with Crippen molar-refractivity contribution < 1.29 is 5.11 Å². The molecule has 2 aromatic carbocycles. The molecule has 0 atom stereocenters. The summed E-state index contributed by atoms with van der Waals surface area (Å²) in [5, 5.41) is 14.4. The number of phenols is 1. The van der Waals surface area contributed by atoms with E-state index >= 15 is 0 Å². The number of phenolic OH excluding ortho intramolecular Hbond substituents is 1. The van der Waals surface area contributed by atoms with Gasteiger partial charge in [-0.2, -0.15) is 0 Å². The second-order valence-electron chi connectivity index (χ2n) is 5.59. The number of nitrogens with one attached hydrogen (secondary N) is 1. The molecule has 0 unspecified atom stereocenters. The first kappa shape index (κ1) is 16.6. The van der Waals surface area contributed by atoms with Crippen molar-refractivity contribution in [2.75, 3.05) is 5.32 Å². The fourth-order valence-electron chi connectivity index (χ4n) is 2.54. The molecule has 0 aliphatic rings. The Morgan fingerprint density at radius 1 is 0.962 bits per heavy atom. The van der Waals surface area contributed by atoms with E-state index in [0.29, 0.717) is 22.4 Å². The number of rotatable bonds is 3. The maximum absolute atomic E-state index is 9.60. The van der Waals surface area contributed by atoms with E-state index in [-0.39, 0.29) is 10.8 Å². The smallest absolute Gasteiger partial charge is 0.163 e. The maximum atomic E-state index is 9.60. The zero-order valence-corrected chi connectivity index (χ0v) is 14.8. The molecule has 2 aromatic heterocycles. The predicted octanol–water partition coefficient (Wildman–Crippen LogP) is 5.45. The number of anilines is 2. The van der Waals surface area contributed by atoms with Crippen molar-refractivity contribution in [1.29, 1.82) is 0 Å². The summed E-state index contributed by atoms with van der Waals surface area (Å²) in [7, 11) is 0. The lowest BCUT2D eigenvalue weighted by Gasteiger charge is -2.12. The summed E-state index contributed by atoms with van der Waals surface area (Å²) < 4.78 is 0. The zero-order chi connectivity index (χ0) is 18.1. The van der Waals surface area contributed by atoms with Crippen molar-refractivity contribution in [1.82, 2.24) is 15.0 Å². The molecule has 0 aliphatic heterocycles. The molecule has 0 saturated carbocycles. The molecule has 5 nitrogen and oxygen atoms in total. The van der Waals surface area contributed by atoms with Gasteiger partial charge in [-0.3, -0.25) is 4.98 Å². The summed E-state index contributed by atoms with van der Waals surface area (Å²) in [6.07, 6.45) is 3.40. The summed E-state index contributed by atoms with van der Waals surface area (Å²) in [4.78, 5) is 13.4. The number of halogens is 2. The van der Waals surface area contributed by atoms with Crippen LogP contribution in [-0.2, 0) is 0 Å². The van der Waals surface area contributed by atoms with Crippen LogP contribution < -0.4 is 5.32 Å². The van der Waals surface area contributed by atoms with Gasteiger partial charge in [-0.05, 0) is 48.5 Å². The van der Waals surface area contributed by atoms with E-state index in [2.05, 4.69) is 20.3 Å². The minimum Gasteiger partial charge on any atom is -0.506 e. The highest BCUT2D eigenvalue weighted by atomic mass is 35.5. The Balaban J connectivity index is 1.87. The highest BCUT2D eigenvalue weighted by molar-refractivity contribution is 6.32. The van der Waals surface area contributed by atoms with Gasteiger partial charge in [-0.15, -0.1) is 0 Å². The topological polar surface area (TPSA) is 70.9 Å². The molecule has 2 heterocycles. The Labute approximate surface area is 159 Å². The molecule has 2 N–H and O–H groups in total. The minimum absolute atomic E-state index is 0.0175. The monoisotopic (exact) mass is 382 g/mol. The summed E-state index contributed by atoms with van der Waals surface area (Å²) in [6, 6.07) is 14.0. The van der Waals surface area contributed by atoms with E-state index < -0.39 is 0 Å². The van der Waals surface area contributed by atoms with Crippen molar-refractivity contribution >= 4 is 45.6 Å². The average molecular weight is 383 g/mol. The van der Waals surface area contributed by atoms with Gasteiger partial charge < -0.3 is 10.4 Å². The van der Waals surface area contributed by atoms with Crippen LogP contribution in [0.1, 0.15) is 0 Å². The molecule has 0 amide bonds. The number of nitrogens with zero attached hydrogens (tertiary/aromatic N) is 3.